The third-order valence-corrected chi connectivity index (χ3v) is 6.83. The first kappa shape index (κ1) is 18.9. The van der Waals surface area contributed by atoms with Gasteiger partial charge in [0, 0.05) is 23.5 Å². The number of nitrogens with one attached hydrogen (secondary N) is 1. The normalized spacial score (nSPS) is 17.4. The topological polar surface area (TPSA) is 62.3 Å². The third kappa shape index (κ3) is 3.50. The molecular formula is C23H20FN3O2S. The van der Waals surface area contributed by atoms with Crippen LogP contribution in [0.15, 0.2) is 48.5 Å². The fourth-order valence-corrected chi connectivity index (χ4v) is 5.23. The average Bonchev–Trinajstić information content (AvgIpc) is 3.33. The van der Waals surface area contributed by atoms with Crippen molar-refractivity contribution in [1.29, 1.82) is 0 Å². The predicted octanol–water partition coefficient (Wildman–Crippen LogP) is 4.15. The number of benzene rings is 2. The number of aromatic nitrogens is 1. The van der Waals surface area contributed by atoms with Crippen molar-refractivity contribution >= 4 is 28.3 Å². The van der Waals surface area contributed by atoms with Crippen molar-refractivity contribution in [2.75, 3.05) is 11.9 Å². The number of hydrogen-bond acceptors (Lipinski definition) is 4. The highest BCUT2D eigenvalue weighted by Gasteiger charge is 2.36. The monoisotopic (exact) mass is 421 g/mol. The SMILES string of the molecule is O=C(Nc1nc2c(s1)CCC2C(=O)N1CCc2ccccc2C1)c1ccc(F)cc1. The fourth-order valence-electron chi connectivity index (χ4n) is 4.20. The third-order valence-electron chi connectivity index (χ3n) is 5.78. The van der Waals surface area contributed by atoms with Crippen LogP contribution in [0.3, 0.4) is 0 Å². The highest BCUT2D eigenvalue weighted by Crippen LogP contribution is 2.40. The van der Waals surface area contributed by atoms with Crippen molar-refractivity contribution < 1.29 is 14.0 Å². The van der Waals surface area contributed by atoms with Gasteiger partial charge in [-0.15, -0.1) is 11.3 Å². The molecule has 0 saturated heterocycles. The Bertz CT molecular complexity index is 1130. The van der Waals surface area contributed by atoms with E-state index < -0.39 is 0 Å². The predicted molar refractivity (Wildman–Crippen MR) is 113 cm³/mol. The highest BCUT2D eigenvalue weighted by molar-refractivity contribution is 7.16. The quantitative estimate of drug-likeness (QED) is 0.691. The van der Waals surface area contributed by atoms with Crippen LogP contribution in [0.4, 0.5) is 9.52 Å². The van der Waals surface area contributed by atoms with E-state index in [0.29, 0.717) is 17.2 Å². The van der Waals surface area contributed by atoms with Crippen LogP contribution in [0.25, 0.3) is 0 Å². The summed E-state index contributed by atoms with van der Waals surface area (Å²) in [4.78, 5) is 33.2. The van der Waals surface area contributed by atoms with Crippen molar-refractivity contribution in [3.63, 3.8) is 0 Å². The molecule has 30 heavy (non-hydrogen) atoms. The molecule has 0 saturated carbocycles. The number of fused-ring (bicyclic) bond motifs is 2. The molecule has 152 valence electrons. The second kappa shape index (κ2) is 7.65. The summed E-state index contributed by atoms with van der Waals surface area (Å²) in [6.07, 6.45) is 2.43. The molecule has 3 aromatic rings. The lowest BCUT2D eigenvalue weighted by molar-refractivity contribution is -0.133. The minimum absolute atomic E-state index is 0.116. The zero-order chi connectivity index (χ0) is 20.7. The van der Waals surface area contributed by atoms with Crippen LogP contribution in [-0.2, 0) is 24.2 Å². The highest BCUT2D eigenvalue weighted by atomic mass is 32.1. The Hall–Kier alpha value is -3.06. The fraction of sp³-hybridized carbons (Fsp3) is 0.261. The van der Waals surface area contributed by atoms with Crippen molar-refractivity contribution in [1.82, 2.24) is 9.88 Å². The van der Waals surface area contributed by atoms with Gasteiger partial charge in [0.2, 0.25) is 5.91 Å². The molecule has 1 aliphatic heterocycles. The van der Waals surface area contributed by atoms with Gasteiger partial charge >= 0.3 is 0 Å². The van der Waals surface area contributed by atoms with Crippen molar-refractivity contribution in [2.24, 2.45) is 0 Å². The van der Waals surface area contributed by atoms with Gasteiger partial charge in [0.25, 0.3) is 5.91 Å². The number of nitrogens with zero attached hydrogens (tertiary/aromatic N) is 2. The van der Waals surface area contributed by atoms with Crippen LogP contribution in [0.1, 0.15) is 44.4 Å². The molecule has 0 bridgehead atoms. The minimum Gasteiger partial charge on any atom is -0.337 e. The number of thiazole rings is 1. The minimum atomic E-state index is -0.388. The summed E-state index contributed by atoms with van der Waals surface area (Å²) >= 11 is 1.42. The molecule has 7 heteroatoms. The first-order valence-corrected chi connectivity index (χ1v) is 10.8. The molecule has 0 spiro atoms. The molecular weight excluding hydrogens is 401 g/mol. The summed E-state index contributed by atoms with van der Waals surface area (Å²) in [6.45, 7) is 1.36. The van der Waals surface area contributed by atoms with E-state index in [1.165, 1.54) is 46.7 Å². The molecule has 0 fully saturated rings. The molecule has 1 aromatic heterocycles. The number of amides is 2. The Balaban J connectivity index is 1.30. The first-order chi connectivity index (χ1) is 14.6. The van der Waals surface area contributed by atoms with Crippen LogP contribution < -0.4 is 5.32 Å². The van der Waals surface area contributed by atoms with Crippen molar-refractivity contribution in [3.8, 4) is 0 Å². The van der Waals surface area contributed by atoms with Gasteiger partial charge in [-0.3, -0.25) is 14.9 Å². The van der Waals surface area contributed by atoms with Crippen LogP contribution >= 0.6 is 11.3 Å². The van der Waals surface area contributed by atoms with E-state index >= 15 is 0 Å². The summed E-state index contributed by atoms with van der Waals surface area (Å²) in [5.74, 6) is -0.859. The number of halogens is 1. The number of aryl methyl sites for hydroxylation is 1. The second-order valence-corrected chi connectivity index (χ2v) is 8.74. The van der Waals surface area contributed by atoms with Gasteiger partial charge < -0.3 is 4.90 Å². The van der Waals surface area contributed by atoms with E-state index in [-0.39, 0.29) is 23.5 Å². The Morgan fingerprint density at radius 1 is 1.07 bits per heavy atom. The maximum atomic E-state index is 13.2. The van der Waals surface area contributed by atoms with Crippen LogP contribution in [0.2, 0.25) is 0 Å². The van der Waals surface area contributed by atoms with E-state index in [4.69, 9.17) is 0 Å². The molecule has 2 aromatic carbocycles. The zero-order valence-electron chi connectivity index (χ0n) is 16.2. The summed E-state index contributed by atoms with van der Waals surface area (Å²) in [5, 5.41) is 3.26. The van der Waals surface area contributed by atoms with Gasteiger partial charge in [-0.2, -0.15) is 0 Å². The van der Waals surface area contributed by atoms with Gasteiger partial charge in [0.15, 0.2) is 5.13 Å². The molecule has 5 rings (SSSR count). The Morgan fingerprint density at radius 2 is 1.83 bits per heavy atom. The molecule has 1 atom stereocenters. The largest absolute Gasteiger partial charge is 0.337 e. The number of carbonyl (C=O) groups excluding carboxylic acids is 2. The smallest absolute Gasteiger partial charge is 0.257 e. The zero-order valence-corrected chi connectivity index (χ0v) is 17.0. The van der Waals surface area contributed by atoms with Gasteiger partial charge in [-0.25, -0.2) is 9.37 Å². The van der Waals surface area contributed by atoms with E-state index in [9.17, 15) is 14.0 Å². The summed E-state index contributed by atoms with van der Waals surface area (Å²) in [5.41, 5.74) is 3.68. The van der Waals surface area contributed by atoms with Gasteiger partial charge in [0.05, 0.1) is 11.6 Å². The lowest BCUT2D eigenvalue weighted by atomic mass is 9.97. The molecule has 1 N–H and O–H groups in total. The van der Waals surface area contributed by atoms with Crippen LogP contribution in [0, 0.1) is 5.82 Å². The maximum Gasteiger partial charge on any atom is 0.257 e. The molecule has 1 aliphatic carbocycles. The van der Waals surface area contributed by atoms with E-state index in [2.05, 4.69) is 22.4 Å². The number of carbonyl (C=O) groups is 2. The van der Waals surface area contributed by atoms with E-state index in [0.717, 1.165) is 36.4 Å². The van der Waals surface area contributed by atoms with Gasteiger partial charge in [-0.05, 0) is 54.7 Å². The standard InChI is InChI=1S/C23H20FN3O2S/c24-17-7-5-15(6-8-17)21(28)26-23-25-20-18(9-10-19(20)30-23)22(29)27-12-11-14-3-1-2-4-16(14)13-27/h1-8,18H,9-13H2,(H,25,26,28). The Labute approximate surface area is 177 Å². The molecule has 2 heterocycles. The van der Waals surface area contributed by atoms with E-state index in [1.54, 1.807) is 0 Å². The Kier molecular flexibility index (Phi) is 4.83. The van der Waals surface area contributed by atoms with Crippen molar-refractivity contribution in [2.45, 2.75) is 31.7 Å². The number of rotatable bonds is 3. The first-order valence-electron chi connectivity index (χ1n) is 10.0. The molecule has 2 amide bonds. The van der Waals surface area contributed by atoms with E-state index in [1.807, 2.05) is 17.0 Å². The average molecular weight is 421 g/mol. The number of anilines is 1. The summed E-state index contributed by atoms with van der Waals surface area (Å²) < 4.78 is 13.1. The van der Waals surface area contributed by atoms with Crippen LogP contribution in [-0.4, -0.2) is 28.2 Å². The Morgan fingerprint density at radius 3 is 2.63 bits per heavy atom. The molecule has 1 unspecified atom stereocenters. The maximum absolute atomic E-state index is 13.2. The molecule has 5 nitrogen and oxygen atoms in total. The van der Waals surface area contributed by atoms with Crippen LogP contribution in [0.5, 0.6) is 0 Å². The van der Waals surface area contributed by atoms with Gasteiger partial charge in [-0.1, -0.05) is 24.3 Å². The molecule has 0 radical (unpaired) electrons. The number of hydrogen-bond donors (Lipinski definition) is 1. The summed E-state index contributed by atoms with van der Waals surface area (Å²) in [7, 11) is 0. The van der Waals surface area contributed by atoms with Crippen molar-refractivity contribution in [3.05, 3.63) is 81.6 Å². The lowest BCUT2D eigenvalue weighted by Gasteiger charge is -2.30. The lowest BCUT2D eigenvalue weighted by Crippen LogP contribution is -2.38. The second-order valence-electron chi connectivity index (χ2n) is 7.66. The summed E-state index contributed by atoms with van der Waals surface area (Å²) in [6, 6.07) is 13.6. The van der Waals surface area contributed by atoms with Gasteiger partial charge in [0.1, 0.15) is 5.82 Å². The molecule has 2 aliphatic rings.